The second-order valence-corrected chi connectivity index (χ2v) is 2.88. The van der Waals surface area contributed by atoms with E-state index < -0.39 is 0 Å². The molecule has 62 valence electrons. The fourth-order valence-electron chi connectivity index (χ4n) is 1.20. The molecule has 4 nitrogen and oxygen atoms in total. The van der Waals surface area contributed by atoms with Crippen LogP contribution in [0.2, 0.25) is 0 Å². The molecule has 2 rings (SSSR count). The number of aromatic nitrogens is 4. The molecule has 0 fully saturated rings. The van der Waals surface area contributed by atoms with E-state index in [-0.39, 0.29) is 0 Å². The summed E-state index contributed by atoms with van der Waals surface area (Å²) in [5.74, 6) is 0.676. The van der Waals surface area contributed by atoms with Gasteiger partial charge in [0.1, 0.15) is 6.33 Å². The zero-order valence-electron chi connectivity index (χ0n) is 7.37. The van der Waals surface area contributed by atoms with Crippen molar-refractivity contribution in [1.29, 1.82) is 0 Å². The summed E-state index contributed by atoms with van der Waals surface area (Å²) in [4.78, 5) is 8.31. The largest absolute Gasteiger partial charge is 0.252 e. The van der Waals surface area contributed by atoms with Gasteiger partial charge in [0.25, 0.3) is 5.78 Å². The molecule has 0 N–H and O–H groups in total. The van der Waals surface area contributed by atoms with Gasteiger partial charge in [0.05, 0.1) is 0 Å². The molecule has 0 bridgehead atoms. The molecule has 0 unspecified atom stereocenters. The highest BCUT2D eigenvalue weighted by Gasteiger charge is 2.05. The molecule has 0 aliphatic heterocycles. The van der Waals surface area contributed by atoms with Gasteiger partial charge in [-0.2, -0.15) is 10.1 Å². The van der Waals surface area contributed by atoms with Gasteiger partial charge in [-0.15, -0.1) is 0 Å². The monoisotopic (exact) mass is 162 g/mol. The Hall–Kier alpha value is -1.45. The van der Waals surface area contributed by atoms with Crippen LogP contribution in [0.5, 0.6) is 0 Å². The molecule has 0 aromatic carbocycles. The molecule has 0 aliphatic carbocycles. The van der Waals surface area contributed by atoms with Gasteiger partial charge in [0.2, 0.25) is 0 Å². The number of fused-ring (bicyclic) bond motifs is 1. The van der Waals surface area contributed by atoms with Crippen LogP contribution in [0.4, 0.5) is 0 Å². The Morgan fingerprint density at radius 2 is 2.00 bits per heavy atom. The molecule has 0 spiro atoms. The van der Waals surface area contributed by atoms with Crippen molar-refractivity contribution >= 4 is 5.78 Å². The normalized spacial score (nSPS) is 10.9. The van der Waals surface area contributed by atoms with E-state index in [9.17, 15) is 0 Å². The van der Waals surface area contributed by atoms with Gasteiger partial charge in [0, 0.05) is 11.4 Å². The zero-order chi connectivity index (χ0) is 8.72. The molecule has 2 aromatic rings. The van der Waals surface area contributed by atoms with Crippen LogP contribution < -0.4 is 0 Å². The van der Waals surface area contributed by atoms with Gasteiger partial charge in [0.15, 0.2) is 0 Å². The lowest BCUT2D eigenvalue weighted by atomic mass is 10.2. The molecule has 0 saturated carbocycles. The first-order chi connectivity index (χ1) is 5.70. The predicted molar refractivity (Wildman–Crippen MR) is 45.0 cm³/mol. The predicted octanol–water partition coefficient (Wildman–Crippen LogP) is 1.05. The molecule has 0 amide bonds. The van der Waals surface area contributed by atoms with Crippen molar-refractivity contribution in [3.8, 4) is 0 Å². The first-order valence-corrected chi connectivity index (χ1v) is 3.83. The summed E-state index contributed by atoms with van der Waals surface area (Å²) >= 11 is 0. The lowest BCUT2D eigenvalue weighted by Crippen LogP contribution is -2.01. The molecular weight excluding hydrogens is 152 g/mol. The summed E-state index contributed by atoms with van der Waals surface area (Å²) in [7, 11) is 0. The summed E-state index contributed by atoms with van der Waals surface area (Å²) in [6.07, 6.45) is 1.52. The van der Waals surface area contributed by atoms with E-state index in [4.69, 9.17) is 0 Å². The Bertz CT molecular complexity index is 430. The highest BCUT2D eigenvalue weighted by atomic mass is 15.3. The minimum atomic E-state index is 0.676. The van der Waals surface area contributed by atoms with E-state index in [0.717, 1.165) is 11.4 Å². The molecule has 0 saturated heterocycles. The van der Waals surface area contributed by atoms with Crippen molar-refractivity contribution < 1.29 is 0 Å². The maximum atomic E-state index is 4.29. The Labute approximate surface area is 70.3 Å². The molecule has 0 aliphatic rings. The molecule has 4 heteroatoms. The van der Waals surface area contributed by atoms with E-state index in [1.54, 1.807) is 4.52 Å². The first kappa shape index (κ1) is 7.21. The topological polar surface area (TPSA) is 43.1 Å². The standard InChI is InChI=1S/C8H10N4/c1-5-6(2)11-8-9-4-10-12(8)7(5)3/h4H,1-3H3. The maximum absolute atomic E-state index is 4.29. The first-order valence-electron chi connectivity index (χ1n) is 3.83. The van der Waals surface area contributed by atoms with Crippen molar-refractivity contribution in [2.45, 2.75) is 20.8 Å². The average Bonchev–Trinajstić information content (AvgIpc) is 2.48. The van der Waals surface area contributed by atoms with Gasteiger partial charge in [-0.3, -0.25) is 0 Å². The van der Waals surface area contributed by atoms with Crippen LogP contribution in [-0.4, -0.2) is 19.6 Å². The van der Waals surface area contributed by atoms with Gasteiger partial charge in [-0.1, -0.05) is 0 Å². The minimum Gasteiger partial charge on any atom is -0.216 e. The van der Waals surface area contributed by atoms with E-state index in [2.05, 4.69) is 15.1 Å². The Morgan fingerprint density at radius 3 is 2.75 bits per heavy atom. The third-order valence-electron chi connectivity index (χ3n) is 2.20. The highest BCUT2D eigenvalue weighted by molar-refractivity contribution is 5.34. The lowest BCUT2D eigenvalue weighted by molar-refractivity contribution is 0.869. The summed E-state index contributed by atoms with van der Waals surface area (Å²) in [5.41, 5.74) is 3.30. The van der Waals surface area contributed by atoms with Crippen molar-refractivity contribution in [3.63, 3.8) is 0 Å². The smallest absolute Gasteiger partial charge is 0.216 e. The SMILES string of the molecule is Cc1nc2ncnn2c(C)c1C. The Kier molecular flexibility index (Phi) is 1.36. The lowest BCUT2D eigenvalue weighted by Gasteiger charge is -2.04. The molecule has 2 heterocycles. The molecule has 12 heavy (non-hydrogen) atoms. The second kappa shape index (κ2) is 2.27. The molecular formula is C8H10N4. The number of rotatable bonds is 0. The van der Waals surface area contributed by atoms with E-state index in [1.807, 2.05) is 20.8 Å². The Morgan fingerprint density at radius 1 is 1.25 bits per heavy atom. The van der Waals surface area contributed by atoms with E-state index in [1.165, 1.54) is 11.9 Å². The second-order valence-electron chi connectivity index (χ2n) is 2.88. The average molecular weight is 162 g/mol. The summed E-state index contributed by atoms with van der Waals surface area (Å²) in [5, 5.41) is 4.06. The number of hydrogen-bond donors (Lipinski definition) is 0. The fraction of sp³-hybridized carbons (Fsp3) is 0.375. The van der Waals surface area contributed by atoms with Crippen molar-refractivity contribution in [2.75, 3.05) is 0 Å². The van der Waals surface area contributed by atoms with Crippen LogP contribution in [0.25, 0.3) is 5.78 Å². The van der Waals surface area contributed by atoms with E-state index in [0.29, 0.717) is 5.78 Å². The van der Waals surface area contributed by atoms with Crippen LogP contribution >= 0.6 is 0 Å². The Balaban J connectivity index is 2.94. The minimum absolute atomic E-state index is 0.676. The number of aryl methyl sites for hydroxylation is 2. The van der Waals surface area contributed by atoms with Crippen LogP contribution in [0.15, 0.2) is 6.33 Å². The zero-order valence-corrected chi connectivity index (χ0v) is 7.37. The summed E-state index contributed by atoms with van der Waals surface area (Å²) in [6, 6.07) is 0. The molecule has 2 aromatic heterocycles. The van der Waals surface area contributed by atoms with Crippen molar-refractivity contribution in [2.24, 2.45) is 0 Å². The summed E-state index contributed by atoms with van der Waals surface area (Å²) < 4.78 is 1.75. The van der Waals surface area contributed by atoms with E-state index >= 15 is 0 Å². The van der Waals surface area contributed by atoms with Gasteiger partial charge in [-0.05, 0) is 26.3 Å². The van der Waals surface area contributed by atoms with Crippen LogP contribution in [0, 0.1) is 20.8 Å². The van der Waals surface area contributed by atoms with Gasteiger partial charge < -0.3 is 0 Å². The number of hydrogen-bond acceptors (Lipinski definition) is 3. The number of nitrogens with zero attached hydrogens (tertiary/aromatic N) is 4. The maximum Gasteiger partial charge on any atom is 0.252 e. The molecule has 0 radical (unpaired) electrons. The van der Waals surface area contributed by atoms with Crippen LogP contribution in [-0.2, 0) is 0 Å². The third-order valence-corrected chi connectivity index (χ3v) is 2.20. The van der Waals surface area contributed by atoms with Gasteiger partial charge >= 0.3 is 0 Å². The van der Waals surface area contributed by atoms with Gasteiger partial charge in [-0.25, -0.2) is 9.50 Å². The quantitative estimate of drug-likeness (QED) is 0.581. The van der Waals surface area contributed by atoms with Crippen LogP contribution in [0.1, 0.15) is 17.0 Å². The fourth-order valence-corrected chi connectivity index (χ4v) is 1.20. The van der Waals surface area contributed by atoms with Crippen molar-refractivity contribution in [1.82, 2.24) is 19.6 Å². The van der Waals surface area contributed by atoms with Crippen molar-refractivity contribution in [3.05, 3.63) is 23.3 Å². The third kappa shape index (κ3) is 0.809. The van der Waals surface area contributed by atoms with Crippen LogP contribution in [0.3, 0.4) is 0 Å². The summed E-state index contributed by atoms with van der Waals surface area (Å²) in [6.45, 7) is 6.04. The molecule has 0 atom stereocenters. The highest BCUT2D eigenvalue weighted by Crippen LogP contribution is 2.09.